The lowest BCUT2D eigenvalue weighted by atomic mass is 9.63. The van der Waals surface area contributed by atoms with Crippen LogP contribution in [0.1, 0.15) is 40.2 Å². The molecule has 10 heteroatoms. The van der Waals surface area contributed by atoms with Gasteiger partial charge in [-0.1, -0.05) is 59.6 Å². The molecule has 2 amide bonds. The maximum atomic E-state index is 13.5. The summed E-state index contributed by atoms with van der Waals surface area (Å²) in [6.07, 6.45) is 1.30. The van der Waals surface area contributed by atoms with Crippen LogP contribution in [0, 0.1) is 0 Å². The molecule has 2 fully saturated rings. The third-order valence-corrected chi connectivity index (χ3v) is 9.31. The minimum absolute atomic E-state index is 0.0896. The first-order chi connectivity index (χ1) is 19.7. The van der Waals surface area contributed by atoms with Crippen molar-refractivity contribution in [3.8, 4) is 17.2 Å². The van der Waals surface area contributed by atoms with Gasteiger partial charge >= 0.3 is 0 Å². The molecular weight excluding hydrogens is 565 g/mol. The van der Waals surface area contributed by atoms with Crippen molar-refractivity contribution < 1.29 is 24.2 Å². The minimum atomic E-state index is -0.928. The van der Waals surface area contributed by atoms with Crippen LogP contribution >= 0.6 is 23.2 Å². The van der Waals surface area contributed by atoms with E-state index in [1.807, 2.05) is 42.5 Å². The number of hydrogen-bond donors (Lipinski definition) is 2. The van der Waals surface area contributed by atoms with Gasteiger partial charge in [-0.15, -0.1) is 0 Å². The van der Waals surface area contributed by atoms with Gasteiger partial charge in [-0.25, -0.2) is 0 Å². The van der Waals surface area contributed by atoms with E-state index in [1.165, 1.54) is 26.4 Å². The molecule has 8 nitrogen and oxygen atoms in total. The number of amides is 2. The molecule has 3 aromatic rings. The fraction of sp³-hybridized carbons (Fsp3) is 0.355. The van der Waals surface area contributed by atoms with Crippen LogP contribution in [0.4, 0.5) is 0 Å². The molecule has 0 spiro atoms. The summed E-state index contributed by atoms with van der Waals surface area (Å²) in [5.74, 6) is -0.624. The Hall–Kier alpha value is -3.46. The van der Waals surface area contributed by atoms with Crippen molar-refractivity contribution >= 4 is 35.0 Å². The highest BCUT2D eigenvalue weighted by molar-refractivity contribution is 6.42. The highest BCUT2D eigenvalue weighted by Gasteiger charge is 2.51. The Balaban J connectivity index is 1.42. The molecule has 3 unspecified atom stereocenters. The lowest BCUT2D eigenvalue weighted by molar-refractivity contribution is -0.126. The number of carbonyl (C=O) groups excluding carboxylic acids is 2. The molecule has 3 aromatic carbocycles. The zero-order chi connectivity index (χ0) is 29.3. The Labute approximate surface area is 249 Å². The van der Waals surface area contributed by atoms with Crippen molar-refractivity contribution in [2.75, 3.05) is 40.4 Å². The van der Waals surface area contributed by atoms with Crippen LogP contribution in [-0.4, -0.2) is 73.2 Å². The summed E-state index contributed by atoms with van der Waals surface area (Å²) in [6.45, 7) is 2.29. The van der Waals surface area contributed by atoms with Gasteiger partial charge in [0.25, 0.3) is 5.91 Å². The third kappa shape index (κ3) is 5.32. The number of aromatic hydroxyl groups is 1. The molecule has 3 N–H and O–H groups in total. The van der Waals surface area contributed by atoms with Crippen LogP contribution in [0.3, 0.4) is 0 Å². The second kappa shape index (κ2) is 11.8. The van der Waals surface area contributed by atoms with Gasteiger partial charge in [0, 0.05) is 37.2 Å². The molecule has 3 atom stereocenters. The molecule has 2 heterocycles. The first kappa shape index (κ1) is 29.0. The lowest BCUT2D eigenvalue weighted by Crippen LogP contribution is -2.57. The lowest BCUT2D eigenvalue weighted by Gasteiger charge is -2.48. The summed E-state index contributed by atoms with van der Waals surface area (Å²) in [6, 6.07) is 18.3. The quantitative estimate of drug-likeness (QED) is 0.403. The average Bonchev–Trinajstić information content (AvgIpc) is 3.49. The molecule has 0 aromatic heterocycles. The molecule has 5 rings (SSSR count). The first-order valence-corrected chi connectivity index (χ1v) is 14.2. The topological polar surface area (TPSA) is 105 Å². The normalized spacial score (nSPS) is 22.9. The fourth-order valence-electron chi connectivity index (χ4n) is 6.37. The molecule has 2 aliphatic rings. The SMILES string of the molecule is COc1cc(C(=O)N2CCC(N3CCC(C(N)=O)(c4ccccc4)C(c4ccc(Cl)c(Cl)c4)C3)C2)cc(OC)c1O. The Bertz CT molecular complexity index is 1430. The maximum absolute atomic E-state index is 13.5. The van der Waals surface area contributed by atoms with Crippen LogP contribution in [0.5, 0.6) is 17.2 Å². The van der Waals surface area contributed by atoms with Crippen molar-refractivity contribution in [1.29, 1.82) is 0 Å². The van der Waals surface area contributed by atoms with Crippen LogP contribution in [0.25, 0.3) is 0 Å². The van der Waals surface area contributed by atoms with E-state index < -0.39 is 5.41 Å². The number of phenolic OH excluding ortho intramolecular Hbond substituents is 1. The van der Waals surface area contributed by atoms with Gasteiger partial charge in [0.2, 0.25) is 11.7 Å². The van der Waals surface area contributed by atoms with Gasteiger partial charge in [0.1, 0.15) is 0 Å². The number of halogens is 2. The first-order valence-electron chi connectivity index (χ1n) is 13.5. The van der Waals surface area contributed by atoms with E-state index in [1.54, 1.807) is 11.0 Å². The Morgan fingerprint density at radius 3 is 2.24 bits per heavy atom. The predicted octanol–water partition coefficient (Wildman–Crippen LogP) is 4.84. The third-order valence-electron chi connectivity index (χ3n) is 8.57. The number of methoxy groups -OCH3 is 2. The highest BCUT2D eigenvalue weighted by atomic mass is 35.5. The number of ether oxygens (including phenoxy) is 2. The van der Waals surface area contributed by atoms with Crippen molar-refractivity contribution in [3.05, 3.63) is 87.4 Å². The van der Waals surface area contributed by atoms with Crippen molar-refractivity contribution in [3.63, 3.8) is 0 Å². The summed E-state index contributed by atoms with van der Waals surface area (Å²) in [4.78, 5) is 31.0. The highest BCUT2D eigenvalue weighted by Crippen LogP contribution is 2.47. The largest absolute Gasteiger partial charge is 0.502 e. The van der Waals surface area contributed by atoms with E-state index in [0.717, 1.165) is 17.5 Å². The van der Waals surface area contributed by atoms with Gasteiger partial charge in [0.05, 0.1) is 29.7 Å². The van der Waals surface area contributed by atoms with Crippen LogP contribution < -0.4 is 15.2 Å². The maximum Gasteiger partial charge on any atom is 0.254 e. The fourth-order valence-corrected chi connectivity index (χ4v) is 6.68. The van der Waals surface area contributed by atoms with Gasteiger partial charge in [-0.3, -0.25) is 14.5 Å². The molecule has 0 radical (unpaired) electrons. The summed E-state index contributed by atoms with van der Waals surface area (Å²) in [7, 11) is 2.85. The molecule has 2 aliphatic heterocycles. The van der Waals surface area contributed by atoms with E-state index in [2.05, 4.69) is 4.90 Å². The summed E-state index contributed by atoms with van der Waals surface area (Å²) < 4.78 is 10.5. The number of phenols is 1. The number of carbonyl (C=O) groups is 2. The average molecular weight is 599 g/mol. The monoisotopic (exact) mass is 597 g/mol. The summed E-state index contributed by atoms with van der Waals surface area (Å²) in [5, 5.41) is 11.1. The predicted molar refractivity (Wildman–Crippen MR) is 158 cm³/mol. The molecule has 216 valence electrons. The molecule has 2 saturated heterocycles. The molecule has 41 heavy (non-hydrogen) atoms. The molecule has 0 saturated carbocycles. The van der Waals surface area contributed by atoms with Crippen LogP contribution in [-0.2, 0) is 10.2 Å². The van der Waals surface area contributed by atoms with Gasteiger partial charge < -0.3 is 25.2 Å². The van der Waals surface area contributed by atoms with Crippen LogP contribution in [0.2, 0.25) is 10.0 Å². The number of piperidine rings is 1. The molecular formula is C31H33Cl2N3O5. The second-order valence-corrected chi connectivity index (χ2v) is 11.4. The Morgan fingerprint density at radius 1 is 0.951 bits per heavy atom. The standard InChI is InChI=1S/C31H33Cl2N3O5/c1-40-26-15-20(16-27(41-2)28(26)37)29(38)36-12-10-22(17-36)35-13-11-31(30(34)39,21-6-4-3-5-7-21)23(18-35)19-8-9-24(32)25(33)14-19/h3-9,14-16,22-23,37H,10-13,17-18H2,1-2H3,(H2,34,39). The van der Waals surface area contributed by atoms with Gasteiger partial charge in [-0.2, -0.15) is 0 Å². The van der Waals surface area contributed by atoms with Gasteiger partial charge in [-0.05, 0) is 54.8 Å². The van der Waals surface area contributed by atoms with E-state index in [4.69, 9.17) is 38.4 Å². The van der Waals surface area contributed by atoms with E-state index in [-0.39, 0.29) is 41.0 Å². The number of benzene rings is 3. The number of hydrogen-bond acceptors (Lipinski definition) is 6. The molecule has 0 bridgehead atoms. The number of likely N-dealkylation sites (tertiary alicyclic amines) is 2. The van der Waals surface area contributed by atoms with Crippen molar-refractivity contribution in [1.82, 2.24) is 9.80 Å². The van der Waals surface area contributed by atoms with Gasteiger partial charge in [0.15, 0.2) is 11.5 Å². The minimum Gasteiger partial charge on any atom is -0.502 e. The van der Waals surface area contributed by atoms with Crippen molar-refractivity contribution in [2.45, 2.75) is 30.2 Å². The van der Waals surface area contributed by atoms with Crippen molar-refractivity contribution in [2.24, 2.45) is 5.73 Å². The molecule has 0 aliphatic carbocycles. The zero-order valence-corrected chi connectivity index (χ0v) is 24.5. The van der Waals surface area contributed by atoms with Crippen LogP contribution in [0.15, 0.2) is 60.7 Å². The van der Waals surface area contributed by atoms with E-state index in [9.17, 15) is 14.7 Å². The van der Waals surface area contributed by atoms with E-state index >= 15 is 0 Å². The number of nitrogens with two attached hydrogens (primary N) is 1. The Kier molecular flexibility index (Phi) is 8.36. The second-order valence-electron chi connectivity index (χ2n) is 10.6. The zero-order valence-electron chi connectivity index (χ0n) is 23.0. The Morgan fingerprint density at radius 2 is 1.63 bits per heavy atom. The number of nitrogens with zero attached hydrogens (tertiary/aromatic N) is 2. The number of primary amides is 1. The summed E-state index contributed by atoms with van der Waals surface area (Å²) in [5.41, 5.74) is 7.42. The summed E-state index contributed by atoms with van der Waals surface area (Å²) >= 11 is 12.7. The smallest absolute Gasteiger partial charge is 0.254 e. The number of rotatable bonds is 7. The van der Waals surface area contributed by atoms with E-state index in [0.29, 0.717) is 48.2 Å².